The van der Waals surface area contributed by atoms with Crippen molar-refractivity contribution in [2.45, 2.75) is 166 Å². The highest BCUT2D eigenvalue weighted by Gasteiger charge is 2.64. The number of aliphatic hydroxyl groups is 2. The zero-order valence-electron chi connectivity index (χ0n) is 49.4. The summed E-state index contributed by atoms with van der Waals surface area (Å²) in [6, 6.07) is 0.499. The number of nitrogens with zero attached hydrogens (tertiary/aromatic N) is 1. The van der Waals surface area contributed by atoms with Crippen molar-refractivity contribution in [3.05, 3.63) is 82.4 Å². The molecule has 3 aliphatic heterocycles. The number of alkyl carbamates (subject to hydrolysis) is 1. The number of hydrogen-bond acceptors (Lipinski definition) is 17. The van der Waals surface area contributed by atoms with Gasteiger partial charge in [-0.2, -0.15) is 0 Å². The van der Waals surface area contributed by atoms with Gasteiger partial charge in [-0.3, -0.25) is 25.5 Å². The molecule has 5 rings (SSSR count). The van der Waals surface area contributed by atoms with Crippen LogP contribution >= 0.6 is 27.5 Å². The number of benzene rings is 2. The normalized spacial score (nSPS) is 25.4. The summed E-state index contributed by atoms with van der Waals surface area (Å²) in [5, 5.41) is 39.2. The van der Waals surface area contributed by atoms with Crippen molar-refractivity contribution < 1.29 is 81.0 Å². The highest BCUT2D eigenvalue weighted by atomic mass is 79.9. The summed E-state index contributed by atoms with van der Waals surface area (Å²) >= 11 is 10.0. The number of alkyl halides is 1. The molecule has 2 fully saturated rings. The summed E-state index contributed by atoms with van der Waals surface area (Å²) in [5.41, 5.74) is 1.68. The van der Waals surface area contributed by atoms with Crippen molar-refractivity contribution >= 4 is 86.9 Å². The lowest BCUT2D eigenvalue weighted by molar-refractivity contribution is -0.152. The minimum Gasteiger partial charge on any atom is -0.495 e. The third-order valence-corrected chi connectivity index (χ3v) is 16.2. The Balaban J connectivity index is 1.37. The third-order valence-electron chi connectivity index (χ3n) is 15.1. The summed E-state index contributed by atoms with van der Waals surface area (Å²) in [7, 11) is 4.36. The van der Waals surface area contributed by atoms with E-state index in [9.17, 15) is 43.8 Å². The molecule has 4 bridgehead atoms. The van der Waals surface area contributed by atoms with E-state index in [0.29, 0.717) is 49.1 Å². The lowest BCUT2D eigenvalue weighted by Gasteiger charge is -2.42. The summed E-state index contributed by atoms with van der Waals surface area (Å²) in [4.78, 5) is 92.4. The van der Waals surface area contributed by atoms with Crippen LogP contribution in [0.1, 0.15) is 99.0 Å². The molecule has 11 atom stereocenters. The molecule has 2 aromatic carbocycles. The summed E-state index contributed by atoms with van der Waals surface area (Å²) in [5.74, 6) is -5.60. The number of fused-ring (bicyclic) bond motifs is 5. The average Bonchev–Trinajstić information content (AvgIpc) is 3.54. The maximum atomic E-state index is 16.1. The molecule has 470 valence electrons. The van der Waals surface area contributed by atoms with Crippen LogP contribution < -0.4 is 47.3 Å². The maximum absolute atomic E-state index is 16.1. The number of halogens is 4. The monoisotopic (exact) mass is 1280 g/mol. The summed E-state index contributed by atoms with van der Waals surface area (Å²) in [6.07, 6.45) is -1.51. The molecule has 85 heavy (non-hydrogen) atoms. The summed E-state index contributed by atoms with van der Waals surface area (Å²) in [6.45, 7) is 15.6. The fraction of sp³-hybridized carbons (Fsp3) is 0.569. The second-order valence-corrected chi connectivity index (χ2v) is 23.6. The van der Waals surface area contributed by atoms with Crippen LogP contribution in [-0.2, 0) is 49.3 Å². The second-order valence-electron chi connectivity index (χ2n) is 22.7. The molecule has 0 radical (unpaired) electrons. The van der Waals surface area contributed by atoms with Gasteiger partial charge in [0, 0.05) is 62.5 Å². The van der Waals surface area contributed by atoms with E-state index < -0.39 is 137 Å². The largest absolute Gasteiger partial charge is 0.495 e. The van der Waals surface area contributed by atoms with Gasteiger partial charge < -0.3 is 70.0 Å². The third kappa shape index (κ3) is 18.8. The molecule has 27 heteroatoms. The molecule has 0 saturated carbocycles. The van der Waals surface area contributed by atoms with E-state index in [1.807, 2.05) is 13.0 Å². The van der Waals surface area contributed by atoms with Crippen LogP contribution in [0.4, 0.5) is 40.2 Å². The molecule has 2 unspecified atom stereocenters. The fourth-order valence-electron chi connectivity index (χ4n) is 10.2. The maximum Gasteiger partial charge on any atom is 0.412 e. The molecule has 0 aromatic heterocycles. The quantitative estimate of drug-likeness (QED) is 0.0103. The van der Waals surface area contributed by atoms with Crippen LogP contribution in [0.5, 0.6) is 5.75 Å². The number of aliphatic hydroxyl groups excluding tert-OH is 1. The summed E-state index contributed by atoms with van der Waals surface area (Å²) < 4.78 is 66.9. The lowest BCUT2D eigenvalue weighted by atomic mass is 9.83. The smallest absolute Gasteiger partial charge is 0.412 e. The number of methoxy groups -OCH3 is 2. The minimum absolute atomic E-state index is 0.0225. The molecule has 0 spiro atoms. The highest BCUT2D eigenvalue weighted by Crippen LogP contribution is 2.49. The first-order valence-corrected chi connectivity index (χ1v) is 29.2. The molecule has 23 nitrogen and oxygen atoms in total. The number of ether oxygens (including phenoxy) is 6. The number of nitrogens with one attached hydrogen (secondary N) is 6. The molecule has 6 amide bonds. The zero-order valence-corrected chi connectivity index (χ0v) is 51.8. The number of nitrogens with two attached hydrogens (primary N) is 1. The van der Waals surface area contributed by atoms with Gasteiger partial charge in [0.1, 0.15) is 70.5 Å². The Hall–Kier alpha value is -6.42. The Kier molecular flexibility index (Phi) is 24.7. The van der Waals surface area contributed by atoms with Crippen LogP contribution in [0.3, 0.4) is 0 Å². The van der Waals surface area contributed by atoms with Gasteiger partial charge in [0.2, 0.25) is 11.8 Å². The van der Waals surface area contributed by atoms with Crippen molar-refractivity contribution in [2.75, 3.05) is 48.7 Å². The number of urea groups is 1. The Labute approximate surface area is 506 Å². The van der Waals surface area contributed by atoms with Gasteiger partial charge >= 0.3 is 24.2 Å². The van der Waals surface area contributed by atoms with Crippen molar-refractivity contribution in [1.29, 1.82) is 0 Å². The number of primary amides is 1. The molecule has 3 heterocycles. The van der Waals surface area contributed by atoms with Crippen molar-refractivity contribution in [3.63, 3.8) is 0 Å². The number of carbonyl (C=O) groups is 7. The Bertz CT molecular complexity index is 2850. The molecular weight excluding hydrogens is 1200 g/mol. The number of epoxide rings is 1. The lowest BCUT2D eigenvalue weighted by Crippen LogP contribution is -2.63. The fourth-order valence-corrected chi connectivity index (χ4v) is 10.7. The van der Waals surface area contributed by atoms with E-state index in [-0.39, 0.29) is 54.6 Å². The van der Waals surface area contributed by atoms with Gasteiger partial charge in [0.15, 0.2) is 5.72 Å². The highest BCUT2D eigenvalue weighted by molar-refractivity contribution is 9.09. The van der Waals surface area contributed by atoms with Gasteiger partial charge in [0.25, 0.3) is 0 Å². The molecular formula is C58H80BrClF2N8O15. The van der Waals surface area contributed by atoms with Crippen LogP contribution in [0, 0.1) is 23.5 Å². The zero-order chi connectivity index (χ0) is 63.3. The minimum atomic E-state index is -1.95. The van der Waals surface area contributed by atoms with Gasteiger partial charge in [-0.25, -0.2) is 28.0 Å². The predicted molar refractivity (Wildman–Crippen MR) is 316 cm³/mol. The Morgan fingerprint density at radius 2 is 1.74 bits per heavy atom. The van der Waals surface area contributed by atoms with Gasteiger partial charge in [-0.15, -0.1) is 0 Å². The number of esters is 1. The van der Waals surface area contributed by atoms with E-state index >= 15 is 8.78 Å². The number of hydrogen-bond donors (Lipinski definition) is 9. The van der Waals surface area contributed by atoms with E-state index in [1.54, 1.807) is 72.9 Å². The first-order chi connectivity index (χ1) is 39.9. The molecule has 2 saturated heterocycles. The van der Waals surface area contributed by atoms with Gasteiger partial charge in [-0.05, 0) is 89.8 Å². The first kappa shape index (κ1) is 69.4. The predicted octanol–water partition coefficient (Wildman–Crippen LogP) is 6.94. The van der Waals surface area contributed by atoms with E-state index in [0.717, 1.165) is 11.1 Å². The number of amides is 6. The van der Waals surface area contributed by atoms with Gasteiger partial charge in [-0.1, -0.05) is 78.7 Å². The topological polar surface area (TPSA) is 320 Å². The molecule has 10 N–H and O–H groups in total. The van der Waals surface area contributed by atoms with Crippen molar-refractivity contribution in [3.8, 4) is 5.75 Å². The van der Waals surface area contributed by atoms with E-state index in [2.05, 4.69) is 54.4 Å². The van der Waals surface area contributed by atoms with E-state index in [4.69, 9.17) is 45.8 Å². The Morgan fingerprint density at radius 3 is 2.35 bits per heavy atom. The van der Waals surface area contributed by atoms with Crippen LogP contribution in [-0.4, -0.2) is 151 Å². The van der Waals surface area contributed by atoms with Crippen LogP contribution in [0.2, 0.25) is 5.02 Å². The number of carbonyl (C=O) groups excluding carboxylic acids is 7. The SMILES string of the molecule is C=C(CBr)C(=O)OC(C)(C)CCCC(C=O)N[C@H](C(=O)N[C@@H](CCCNC(N)=O)C(=O)Nc1cc(F)c(NC(=O)O[C@H]2CC(O)N(C)c3cc(cc(OC)c3Cl)C/C(C)=C/C=C/[C@@H](OC)[C@@]3(O)C[C@H](OC(=O)N3)[C@@H](C)[C@@H]3O[C@@]23C)cc1F)C(C)C. The number of rotatable bonds is 23. The molecule has 0 aliphatic carbocycles. The number of anilines is 3. The van der Waals surface area contributed by atoms with Crippen LogP contribution in [0.25, 0.3) is 0 Å². The second kappa shape index (κ2) is 30.3. The van der Waals surface area contributed by atoms with E-state index in [1.165, 1.54) is 19.1 Å². The first-order valence-electron chi connectivity index (χ1n) is 27.7. The molecule has 3 aliphatic rings. The standard InChI is InChI=1S/C58H80BrClF2N8O15/c1-30(2)48(65-35(29-71)16-13-19-56(6,7)85-52(75)32(4)28-59)51(74)66-38(17-14-20-64-53(63)76)50(73)67-39-24-37(62)40(25-36(39)61)68-54(77)83-45-26-46(72)70(9)41-22-34(23-42(80-10)47(41)60)21-31(3)15-12-18-44(81-11)58(79)27-43(82-55(78)69-58)33(5)49-57(45,8)84-49/h12,15,18,22-25,29-30,33,35,38,43-46,48-49,65,72,79H,4,13-14,16-17,19-21,26-28H2,1-3,5-11H3,(H,66,74)(H,67,73)(H,68,77)(H,69,78)(H3,63,64,76)/b18-12+,31-15+/t33-,35?,38+,43+,44-,45+,46?,48+,49+,57+,58+/m1/s1. The average molecular weight is 1280 g/mol. The Morgan fingerprint density at radius 1 is 1.07 bits per heavy atom. The van der Waals surface area contributed by atoms with Crippen molar-refractivity contribution in [2.24, 2.45) is 17.6 Å². The van der Waals surface area contributed by atoms with Crippen LogP contribution in [0.15, 0.2) is 60.2 Å². The molecule has 2 aromatic rings. The van der Waals surface area contributed by atoms with Crippen molar-refractivity contribution in [1.82, 2.24) is 21.3 Å². The van der Waals surface area contributed by atoms with Gasteiger partial charge in [0.05, 0.1) is 42.4 Å². The number of allylic oxidation sites excluding steroid dienone is 3. The number of aldehydes is 1.